The lowest BCUT2D eigenvalue weighted by Gasteiger charge is -2.11. The Hall–Kier alpha value is -0.350. The van der Waals surface area contributed by atoms with Gasteiger partial charge in [0.05, 0.1) is 12.2 Å². The molecule has 0 amide bonds. The third-order valence-electron chi connectivity index (χ3n) is 1.94. The molecule has 0 fully saturated rings. The molecule has 0 spiro atoms. The Balaban J connectivity index is 3.11. The molecular formula is C11H12Br2O2. The molecule has 0 aromatic heterocycles. The average molecular weight is 336 g/mol. The molecule has 0 bridgehead atoms. The number of esters is 1. The highest BCUT2D eigenvalue weighted by Gasteiger charge is 2.15. The maximum Gasteiger partial charge on any atom is 0.338 e. The fourth-order valence-electron chi connectivity index (χ4n) is 1.26. The van der Waals surface area contributed by atoms with Crippen LogP contribution in [-0.2, 0) is 4.74 Å². The first-order chi connectivity index (χ1) is 7.06. The maximum absolute atomic E-state index is 11.6. The van der Waals surface area contributed by atoms with Crippen LogP contribution >= 0.6 is 31.9 Å². The number of carbonyl (C=O) groups excluding carboxylic acids is 1. The number of alkyl halides is 1. The molecule has 0 aliphatic rings. The van der Waals surface area contributed by atoms with Gasteiger partial charge in [-0.05, 0) is 37.6 Å². The van der Waals surface area contributed by atoms with Crippen LogP contribution in [0, 0.1) is 0 Å². The van der Waals surface area contributed by atoms with Crippen LogP contribution in [0.25, 0.3) is 0 Å². The van der Waals surface area contributed by atoms with Gasteiger partial charge in [0.2, 0.25) is 0 Å². The van der Waals surface area contributed by atoms with Gasteiger partial charge in [0.1, 0.15) is 0 Å². The first kappa shape index (κ1) is 12.7. The van der Waals surface area contributed by atoms with Crippen LogP contribution in [-0.4, -0.2) is 12.6 Å². The molecule has 0 saturated carbocycles. The number of rotatable bonds is 3. The zero-order valence-electron chi connectivity index (χ0n) is 8.59. The van der Waals surface area contributed by atoms with E-state index >= 15 is 0 Å². The van der Waals surface area contributed by atoms with Crippen molar-refractivity contribution in [3.63, 3.8) is 0 Å². The number of halogens is 2. The maximum atomic E-state index is 11.6. The molecule has 82 valence electrons. The van der Waals surface area contributed by atoms with Crippen molar-refractivity contribution >= 4 is 37.8 Å². The summed E-state index contributed by atoms with van der Waals surface area (Å²) in [5.74, 6) is -0.272. The van der Waals surface area contributed by atoms with Gasteiger partial charge >= 0.3 is 5.97 Å². The Morgan fingerprint density at radius 2 is 2.20 bits per heavy atom. The smallest absolute Gasteiger partial charge is 0.338 e. The van der Waals surface area contributed by atoms with E-state index in [9.17, 15) is 4.79 Å². The van der Waals surface area contributed by atoms with E-state index in [0.717, 1.165) is 10.0 Å². The number of benzene rings is 1. The van der Waals surface area contributed by atoms with Gasteiger partial charge in [-0.1, -0.05) is 31.9 Å². The molecule has 0 saturated heterocycles. The summed E-state index contributed by atoms with van der Waals surface area (Å²) in [4.78, 5) is 11.7. The molecule has 0 radical (unpaired) electrons. The highest BCUT2D eigenvalue weighted by atomic mass is 79.9. The predicted molar refractivity (Wildman–Crippen MR) is 67.4 cm³/mol. The first-order valence-corrected chi connectivity index (χ1v) is 6.37. The highest BCUT2D eigenvalue weighted by Crippen LogP contribution is 2.28. The van der Waals surface area contributed by atoms with Crippen molar-refractivity contribution in [2.75, 3.05) is 6.61 Å². The molecule has 1 aromatic carbocycles. The van der Waals surface area contributed by atoms with Crippen LogP contribution in [0.15, 0.2) is 22.7 Å². The molecule has 1 rings (SSSR count). The SMILES string of the molecule is CCOC(=O)c1ccc(Br)cc1C(C)Br. The van der Waals surface area contributed by atoms with Crippen molar-refractivity contribution in [1.82, 2.24) is 0 Å². The Bertz CT molecular complexity index is 362. The van der Waals surface area contributed by atoms with E-state index in [-0.39, 0.29) is 10.8 Å². The summed E-state index contributed by atoms with van der Waals surface area (Å²) in [5, 5.41) is 0. The van der Waals surface area contributed by atoms with E-state index in [0.29, 0.717) is 12.2 Å². The molecule has 2 nitrogen and oxygen atoms in total. The Labute approximate surface area is 106 Å². The van der Waals surface area contributed by atoms with E-state index in [2.05, 4.69) is 31.9 Å². The van der Waals surface area contributed by atoms with Crippen molar-refractivity contribution in [3.05, 3.63) is 33.8 Å². The molecule has 4 heteroatoms. The minimum absolute atomic E-state index is 0.120. The lowest BCUT2D eigenvalue weighted by atomic mass is 10.1. The van der Waals surface area contributed by atoms with Gasteiger partial charge in [-0.3, -0.25) is 0 Å². The largest absolute Gasteiger partial charge is 0.462 e. The Morgan fingerprint density at radius 1 is 1.53 bits per heavy atom. The van der Waals surface area contributed by atoms with Crippen molar-refractivity contribution in [1.29, 1.82) is 0 Å². The third kappa shape index (κ3) is 3.31. The summed E-state index contributed by atoms with van der Waals surface area (Å²) in [6.45, 7) is 4.17. The van der Waals surface area contributed by atoms with Crippen molar-refractivity contribution in [2.24, 2.45) is 0 Å². The molecule has 1 aromatic rings. The summed E-state index contributed by atoms with van der Waals surface area (Å²) < 4.78 is 5.94. The fourth-order valence-corrected chi connectivity index (χ4v) is 2.02. The minimum atomic E-state index is -0.272. The van der Waals surface area contributed by atoms with Crippen LogP contribution in [0.4, 0.5) is 0 Å². The van der Waals surface area contributed by atoms with Crippen molar-refractivity contribution in [2.45, 2.75) is 18.7 Å². The number of hydrogen-bond donors (Lipinski definition) is 0. The second kappa shape index (κ2) is 5.66. The summed E-state index contributed by atoms with van der Waals surface area (Å²) in [6.07, 6.45) is 0. The molecular weight excluding hydrogens is 324 g/mol. The van der Waals surface area contributed by atoms with E-state index in [4.69, 9.17) is 4.74 Å². The number of hydrogen-bond acceptors (Lipinski definition) is 2. The van der Waals surface area contributed by atoms with Gasteiger partial charge in [0.15, 0.2) is 0 Å². The zero-order valence-corrected chi connectivity index (χ0v) is 11.8. The van der Waals surface area contributed by atoms with Crippen molar-refractivity contribution < 1.29 is 9.53 Å². The summed E-state index contributed by atoms with van der Waals surface area (Å²) >= 11 is 6.84. The lowest BCUT2D eigenvalue weighted by Crippen LogP contribution is -2.08. The molecule has 15 heavy (non-hydrogen) atoms. The van der Waals surface area contributed by atoms with E-state index in [1.807, 2.05) is 19.1 Å². The van der Waals surface area contributed by atoms with Crippen LogP contribution in [0.1, 0.15) is 34.6 Å². The van der Waals surface area contributed by atoms with Gasteiger partial charge in [-0.2, -0.15) is 0 Å². The lowest BCUT2D eigenvalue weighted by molar-refractivity contribution is 0.0525. The van der Waals surface area contributed by atoms with Gasteiger partial charge in [0, 0.05) is 9.30 Å². The van der Waals surface area contributed by atoms with Gasteiger partial charge in [0.25, 0.3) is 0 Å². The Morgan fingerprint density at radius 3 is 2.73 bits per heavy atom. The minimum Gasteiger partial charge on any atom is -0.462 e. The van der Waals surface area contributed by atoms with Gasteiger partial charge < -0.3 is 4.74 Å². The molecule has 0 aliphatic heterocycles. The van der Waals surface area contributed by atoms with E-state index in [1.165, 1.54) is 0 Å². The normalized spacial score (nSPS) is 12.3. The monoisotopic (exact) mass is 334 g/mol. The van der Waals surface area contributed by atoms with E-state index < -0.39 is 0 Å². The standard InChI is InChI=1S/C11H12Br2O2/c1-3-15-11(14)9-5-4-8(13)6-10(9)7(2)12/h4-7H,3H2,1-2H3. The second-order valence-electron chi connectivity index (χ2n) is 3.07. The number of ether oxygens (including phenoxy) is 1. The van der Waals surface area contributed by atoms with Gasteiger partial charge in [-0.15, -0.1) is 0 Å². The molecule has 0 heterocycles. The Kier molecular flexibility index (Phi) is 4.80. The van der Waals surface area contributed by atoms with Crippen molar-refractivity contribution in [3.8, 4) is 0 Å². The molecule has 0 N–H and O–H groups in total. The summed E-state index contributed by atoms with van der Waals surface area (Å²) in [7, 11) is 0. The fraction of sp³-hybridized carbons (Fsp3) is 0.364. The van der Waals surface area contributed by atoms with Crippen LogP contribution < -0.4 is 0 Å². The average Bonchev–Trinajstić information content (AvgIpc) is 2.17. The van der Waals surface area contributed by atoms with Crippen LogP contribution in [0.5, 0.6) is 0 Å². The summed E-state index contributed by atoms with van der Waals surface area (Å²) in [6, 6.07) is 5.53. The van der Waals surface area contributed by atoms with Crippen LogP contribution in [0.3, 0.4) is 0 Å². The summed E-state index contributed by atoms with van der Waals surface area (Å²) in [5.41, 5.74) is 1.55. The van der Waals surface area contributed by atoms with E-state index in [1.54, 1.807) is 13.0 Å². The second-order valence-corrected chi connectivity index (χ2v) is 5.36. The highest BCUT2D eigenvalue weighted by molar-refractivity contribution is 9.10. The first-order valence-electron chi connectivity index (χ1n) is 4.67. The molecule has 0 aliphatic carbocycles. The molecule has 1 unspecified atom stereocenters. The number of carbonyl (C=O) groups is 1. The topological polar surface area (TPSA) is 26.3 Å². The quantitative estimate of drug-likeness (QED) is 0.614. The zero-order chi connectivity index (χ0) is 11.4. The third-order valence-corrected chi connectivity index (χ3v) is 2.92. The van der Waals surface area contributed by atoms with Gasteiger partial charge in [-0.25, -0.2) is 4.79 Å². The van der Waals surface area contributed by atoms with Crippen LogP contribution in [0.2, 0.25) is 0 Å². The molecule has 1 atom stereocenters. The predicted octanol–water partition coefficient (Wildman–Crippen LogP) is 4.08.